The van der Waals surface area contributed by atoms with Crippen LogP contribution in [0.5, 0.6) is 17.2 Å². The summed E-state index contributed by atoms with van der Waals surface area (Å²) in [6.07, 6.45) is -0.0769. The number of amides is 1. The lowest BCUT2D eigenvalue weighted by Crippen LogP contribution is -2.35. The van der Waals surface area contributed by atoms with Crippen LogP contribution in [-0.4, -0.2) is 28.0 Å². The van der Waals surface area contributed by atoms with Crippen LogP contribution in [0.3, 0.4) is 0 Å². The number of cyclic esters (lactones) is 1. The Morgan fingerprint density at radius 2 is 2.00 bits per heavy atom. The van der Waals surface area contributed by atoms with E-state index in [4.69, 9.17) is 5.11 Å². The molecule has 1 aromatic rings. The van der Waals surface area contributed by atoms with Gasteiger partial charge in [0.05, 0.1) is 12.6 Å². The highest BCUT2D eigenvalue weighted by molar-refractivity contribution is 5.69. The summed E-state index contributed by atoms with van der Waals surface area (Å²) >= 11 is 0. The minimum Gasteiger partial charge on any atom is -0.504 e. The number of carbonyl (C=O) groups is 1. The number of nitrogens with one attached hydrogen (secondary N) is 1. The lowest BCUT2D eigenvalue weighted by atomic mass is 10.0. The molecule has 86 valence electrons. The number of hydrogen-bond donors (Lipinski definition) is 4. The fourth-order valence-electron chi connectivity index (χ4n) is 1.62. The summed E-state index contributed by atoms with van der Waals surface area (Å²) in [5, 5.41) is 30.6. The lowest BCUT2D eigenvalue weighted by Gasteiger charge is -2.24. The van der Waals surface area contributed by atoms with E-state index in [1.54, 1.807) is 0 Å². The van der Waals surface area contributed by atoms with Gasteiger partial charge in [-0.05, 0) is 12.1 Å². The van der Waals surface area contributed by atoms with Gasteiger partial charge in [0.15, 0.2) is 11.5 Å². The number of phenolic OH excluding ortho intramolecular Hbond substituents is 3. The summed E-state index contributed by atoms with van der Waals surface area (Å²) in [5.41, 5.74) is 0.354. The van der Waals surface area contributed by atoms with Gasteiger partial charge in [0.1, 0.15) is 0 Å². The van der Waals surface area contributed by atoms with Gasteiger partial charge in [-0.25, -0.2) is 4.79 Å². The second kappa shape index (κ2) is 3.80. The van der Waals surface area contributed by atoms with E-state index in [9.17, 15) is 15.0 Å². The van der Waals surface area contributed by atoms with Crippen molar-refractivity contribution in [1.82, 2.24) is 5.32 Å². The molecule has 1 atom stereocenters. The molecule has 0 bridgehead atoms. The highest BCUT2D eigenvalue weighted by Gasteiger charge is 2.25. The minimum atomic E-state index is -0.585. The summed E-state index contributed by atoms with van der Waals surface area (Å²) < 4.78 is 4.68. The Morgan fingerprint density at radius 3 is 2.69 bits per heavy atom. The van der Waals surface area contributed by atoms with Crippen LogP contribution in [0.4, 0.5) is 4.79 Å². The third-order valence-electron chi connectivity index (χ3n) is 2.47. The number of benzene rings is 1. The van der Waals surface area contributed by atoms with Crippen molar-refractivity contribution in [3.05, 3.63) is 17.7 Å². The molecule has 4 N–H and O–H groups in total. The average Bonchev–Trinajstić information content (AvgIpc) is 2.26. The second-order valence-electron chi connectivity index (χ2n) is 3.49. The average molecular weight is 225 g/mol. The van der Waals surface area contributed by atoms with Gasteiger partial charge in [0, 0.05) is 12.0 Å². The van der Waals surface area contributed by atoms with Crippen LogP contribution in [0.15, 0.2) is 12.1 Å². The molecule has 1 aliphatic rings. The molecule has 0 saturated carbocycles. The van der Waals surface area contributed by atoms with E-state index in [2.05, 4.69) is 10.1 Å². The van der Waals surface area contributed by atoms with E-state index in [-0.39, 0.29) is 6.61 Å². The van der Waals surface area contributed by atoms with Gasteiger partial charge in [-0.15, -0.1) is 0 Å². The van der Waals surface area contributed by atoms with E-state index in [1.807, 2.05) is 0 Å². The Bertz CT molecular complexity index is 431. The van der Waals surface area contributed by atoms with Crippen LogP contribution in [0.2, 0.25) is 0 Å². The zero-order valence-corrected chi connectivity index (χ0v) is 8.30. The number of phenols is 3. The normalized spacial score (nSPS) is 20.0. The van der Waals surface area contributed by atoms with Crippen molar-refractivity contribution in [2.24, 2.45) is 0 Å². The summed E-state index contributed by atoms with van der Waals surface area (Å²) in [5.74, 6) is -1.41. The van der Waals surface area contributed by atoms with Crippen LogP contribution >= 0.6 is 0 Å². The summed E-state index contributed by atoms with van der Waals surface area (Å²) in [6, 6.07) is 2.28. The van der Waals surface area contributed by atoms with Crippen molar-refractivity contribution in [2.75, 3.05) is 6.61 Å². The Kier molecular flexibility index (Phi) is 2.47. The van der Waals surface area contributed by atoms with Crippen molar-refractivity contribution < 1.29 is 24.9 Å². The molecule has 0 unspecified atom stereocenters. The predicted molar refractivity (Wildman–Crippen MR) is 53.3 cm³/mol. The number of hydrogen-bond acceptors (Lipinski definition) is 5. The smallest absolute Gasteiger partial charge is 0.407 e. The number of ether oxygens (including phenoxy) is 1. The van der Waals surface area contributed by atoms with Gasteiger partial charge in [-0.1, -0.05) is 0 Å². The van der Waals surface area contributed by atoms with Gasteiger partial charge >= 0.3 is 6.09 Å². The quantitative estimate of drug-likeness (QED) is 0.534. The lowest BCUT2D eigenvalue weighted by molar-refractivity contribution is 0.115. The van der Waals surface area contributed by atoms with Gasteiger partial charge in [-0.3, -0.25) is 0 Å². The molecule has 0 spiro atoms. The largest absolute Gasteiger partial charge is 0.504 e. The zero-order chi connectivity index (χ0) is 11.7. The molecule has 0 aromatic heterocycles. The maximum Gasteiger partial charge on any atom is 0.407 e. The molecule has 1 aromatic carbocycles. The molecule has 2 rings (SSSR count). The molecular weight excluding hydrogens is 214 g/mol. The second-order valence-corrected chi connectivity index (χ2v) is 3.49. The van der Waals surface area contributed by atoms with Crippen molar-refractivity contribution in [1.29, 1.82) is 0 Å². The van der Waals surface area contributed by atoms with Crippen molar-refractivity contribution in [3.63, 3.8) is 0 Å². The van der Waals surface area contributed by atoms with Crippen LogP contribution in [0, 0.1) is 0 Å². The number of aromatic hydroxyl groups is 3. The number of carbonyl (C=O) groups excluding carboxylic acids is 1. The summed E-state index contributed by atoms with van der Waals surface area (Å²) in [6.45, 7) is 0.248. The zero-order valence-electron chi connectivity index (χ0n) is 8.30. The fourth-order valence-corrected chi connectivity index (χ4v) is 1.62. The van der Waals surface area contributed by atoms with Crippen LogP contribution in [0.1, 0.15) is 18.0 Å². The Balaban J connectivity index is 2.33. The third-order valence-corrected chi connectivity index (χ3v) is 2.47. The molecule has 1 heterocycles. The molecule has 1 fully saturated rings. The third kappa shape index (κ3) is 1.69. The van der Waals surface area contributed by atoms with Crippen molar-refractivity contribution in [2.45, 2.75) is 12.5 Å². The Hall–Kier alpha value is -2.11. The monoisotopic (exact) mass is 225 g/mol. The maximum absolute atomic E-state index is 11.0. The number of rotatable bonds is 1. The van der Waals surface area contributed by atoms with Crippen LogP contribution < -0.4 is 5.32 Å². The van der Waals surface area contributed by atoms with E-state index in [1.165, 1.54) is 12.1 Å². The van der Waals surface area contributed by atoms with E-state index in [0.717, 1.165) is 0 Å². The van der Waals surface area contributed by atoms with Gasteiger partial charge < -0.3 is 25.4 Å². The fraction of sp³-hybridized carbons (Fsp3) is 0.300. The molecule has 1 aliphatic heterocycles. The van der Waals surface area contributed by atoms with E-state index < -0.39 is 29.4 Å². The first kappa shape index (κ1) is 10.4. The van der Waals surface area contributed by atoms with E-state index >= 15 is 0 Å². The number of alkyl carbamates (subject to hydrolysis) is 1. The highest BCUT2D eigenvalue weighted by Crippen LogP contribution is 2.40. The topological polar surface area (TPSA) is 99.0 Å². The first-order valence-corrected chi connectivity index (χ1v) is 4.76. The van der Waals surface area contributed by atoms with Gasteiger partial charge in [-0.2, -0.15) is 0 Å². The first-order chi connectivity index (χ1) is 7.59. The van der Waals surface area contributed by atoms with Gasteiger partial charge in [0.2, 0.25) is 5.75 Å². The standard InChI is InChI=1S/C10H11NO5/c12-7-2-1-5(8(13)9(7)14)6-3-4-16-10(15)11-6/h1-2,6,12-14H,3-4H2,(H,11,15)/t6-/m0/s1. The molecule has 6 nitrogen and oxygen atoms in total. The molecular formula is C10H11NO5. The molecule has 0 radical (unpaired) electrons. The Morgan fingerprint density at radius 1 is 1.25 bits per heavy atom. The molecule has 16 heavy (non-hydrogen) atoms. The summed E-state index contributed by atoms with van der Waals surface area (Å²) in [7, 11) is 0. The van der Waals surface area contributed by atoms with Gasteiger partial charge in [0.25, 0.3) is 0 Å². The molecule has 1 saturated heterocycles. The molecule has 1 amide bonds. The minimum absolute atomic E-state index is 0.248. The Labute approximate surface area is 91.1 Å². The van der Waals surface area contributed by atoms with Crippen LogP contribution in [0.25, 0.3) is 0 Å². The first-order valence-electron chi connectivity index (χ1n) is 4.76. The SMILES string of the molecule is O=C1N[C@H](c2ccc(O)c(O)c2O)CCO1. The van der Waals surface area contributed by atoms with Crippen molar-refractivity contribution >= 4 is 6.09 Å². The van der Waals surface area contributed by atoms with Crippen LogP contribution in [-0.2, 0) is 4.74 Å². The van der Waals surface area contributed by atoms with E-state index in [0.29, 0.717) is 12.0 Å². The maximum atomic E-state index is 11.0. The highest BCUT2D eigenvalue weighted by atomic mass is 16.5. The molecule has 0 aliphatic carbocycles. The summed E-state index contributed by atoms with van der Waals surface area (Å²) in [4.78, 5) is 11.0. The van der Waals surface area contributed by atoms with Crippen molar-refractivity contribution in [3.8, 4) is 17.2 Å². The predicted octanol–water partition coefficient (Wildman–Crippen LogP) is 0.974. The molecule has 6 heteroatoms.